The monoisotopic (exact) mass is 294 g/mol. The predicted molar refractivity (Wildman–Crippen MR) is 72.9 cm³/mol. The minimum Gasteiger partial charge on any atom is -0.197 e. The van der Waals surface area contributed by atoms with Crippen molar-refractivity contribution < 1.29 is 13.2 Å². The first kappa shape index (κ1) is 17.0. The molecule has 0 fully saturated rings. The van der Waals surface area contributed by atoms with Gasteiger partial charge in [0.1, 0.15) is 5.41 Å². The van der Waals surface area contributed by atoms with Crippen LogP contribution in [0.3, 0.4) is 0 Å². The Kier molecular flexibility index (Phi) is 5.38. The van der Waals surface area contributed by atoms with Crippen molar-refractivity contribution in [3.8, 4) is 12.1 Å². The Morgan fingerprint density at radius 2 is 1.62 bits per heavy atom. The molecule has 1 rings (SSSR count). The average molecular weight is 294 g/mol. The summed E-state index contributed by atoms with van der Waals surface area (Å²) in [5.41, 5.74) is -1.36. The van der Waals surface area contributed by atoms with Crippen LogP contribution in [0, 0.1) is 34.0 Å². The molecule has 1 aromatic carbocycles. The van der Waals surface area contributed by atoms with Crippen molar-refractivity contribution in [1.82, 2.24) is 0 Å². The van der Waals surface area contributed by atoms with Crippen LogP contribution in [0.5, 0.6) is 0 Å². The van der Waals surface area contributed by atoms with Gasteiger partial charge in [0.05, 0.1) is 17.7 Å². The summed E-state index contributed by atoms with van der Waals surface area (Å²) in [6, 6.07) is 8.77. The molecule has 0 aliphatic rings. The van der Waals surface area contributed by atoms with E-state index >= 15 is 0 Å². The lowest BCUT2D eigenvalue weighted by Crippen LogP contribution is -2.28. The predicted octanol–water partition coefficient (Wildman–Crippen LogP) is 4.72. The second kappa shape index (κ2) is 6.63. The zero-order valence-electron chi connectivity index (χ0n) is 12.0. The van der Waals surface area contributed by atoms with Gasteiger partial charge in [0, 0.05) is 6.42 Å². The van der Waals surface area contributed by atoms with E-state index < -0.39 is 17.2 Å². The zero-order chi connectivity index (χ0) is 16.1. The lowest BCUT2D eigenvalue weighted by Gasteiger charge is -2.26. The maximum Gasteiger partial charge on any atom is 0.416 e. The molecule has 5 heteroatoms. The first-order valence-electron chi connectivity index (χ1n) is 6.77. The summed E-state index contributed by atoms with van der Waals surface area (Å²) in [7, 11) is 0. The van der Waals surface area contributed by atoms with Crippen LogP contribution in [0.15, 0.2) is 24.3 Å². The van der Waals surface area contributed by atoms with Crippen LogP contribution in [0.2, 0.25) is 0 Å². The maximum atomic E-state index is 12.5. The molecule has 0 aliphatic heterocycles. The highest BCUT2D eigenvalue weighted by atomic mass is 19.4. The van der Waals surface area contributed by atoms with E-state index in [1.54, 1.807) is 0 Å². The van der Waals surface area contributed by atoms with Gasteiger partial charge in [-0.25, -0.2) is 0 Å². The van der Waals surface area contributed by atoms with E-state index in [9.17, 15) is 23.7 Å². The number of halogens is 3. The van der Waals surface area contributed by atoms with Gasteiger partial charge in [-0.15, -0.1) is 0 Å². The second-order valence-electron chi connectivity index (χ2n) is 5.26. The maximum absolute atomic E-state index is 12.5. The van der Waals surface area contributed by atoms with Gasteiger partial charge >= 0.3 is 6.18 Å². The highest BCUT2D eigenvalue weighted by molar-refractivity contribution is 5.29. The summed E-state index contributed by atoms with van der Waals surface area (Å²) >= 11 is 0. The molecule has 0 bridgehead atoms. The Balaban J connectivity index is 3.01. The second-order valence-corrected chi connectivity index (χ2v) is 5.26. The summed E-state index contributed by atoms with van der Waals surface area (Å²) in [5.74, 6) is -0.139. The Bertz CT molecular complexity index is 533. The Hall–Kier alpha value is -2.01. The largest absolute Gasteiger partial charge is 0.416 e. The lowest BCUT2D eigenvalue weighted by molar-refractivity contribution is -0.137. The molecule has 21 heavy (non-hydrogen) atoms. The van der Waals surface area contributed by atoms with Crippen LogP contribution < -0.4 is 0 Å². The van der Waals surface area contributed by atoms with E-state index in [0.29, 0.717) is 5.56 Å². The van der Waals surface area contributed by atoms with Gasteiger partial charge in [0.2, 0.25) is 0 Å². The van der Waals surface area contributed by atoms with Crippen LogP contribution >= 0.6 is 0 Å². The van der Waals surface area contributed by atoms with Crippen molar-refractivity contribution in [2.45, 2.75) is 39.3 Å². The lowest BCUT2D eigenvalue weighted by atomic mass is 9.72. The summed E-state index contributed by atoms with van der Waals surface area (Å²) < 4.78 is 37.5. The molecule has 0 aliphatic carbocycles. The third-order valence-corrected chi connectivity index (χ3v) is 3.73. The van der Waals surface area contributed by atoms with Gasteiger partial charge in [0.15, 0.2) is 0 Å². The SMILES string of the molecule is CCCC(C)C(C#N)(C#N)Cc1ccc(C(F)(F)F)cc1. The molecule has 1 unspecified atom stereocenters. The number of alkyl halides is 3. The third-order valence-electron chi connectivity index (χ3n) is 3.73. The van der Waals surface area contributed by atoms with Crippen molar-refractivity contribution in [3.63, 3.8) is 0 Å². The first-order chi connectivity index (χ1) is 9.79. The molecule has 0 saturated heterocycles. The fourth-order valence-electron chi connectivity index (χ4n) is 2.31. The van der Waals surface area contributed by atoms with Crippen molar-refractivity contribution in [3.05, 3.63) is 35.4 Å². The standard InChI is InChI=1S/C16H17F3N2/c1-3-4-12(2)15(10-20,11-21)9-13-5-7-14(8-6-13)16(17,18)19/h5-8,12H,3-4,9H2,1-2H3. The van der Waals surface area contributed by atoms with Crippen LogP contribution in [0.25, 0.3) is 0 Å². The minimum absolute atomic E-state index is 0.138. The highest BCUT2D eigenvalue weighted by Crippen LogP contribution is 2.35. The molecule has 0 spiro atoms. The van der Waals surface area contributed by atoms with Crippen LogP contribution in [0.1, 0.15) is 37.8 Å². The molecule has 1 aromatic rings. The summed E-state index contributed by atoms with van der Waals surface area (Å²) in [6.07, 6.45) is -2.67. The molecule has 0 heterocycles. The highest BCUT2D eigenvalue weighted by Gasteiger charge is 2.37. The minimum atomic E-state index is -4.38. The van der Waals surface area contributed by atoms with Gasteiger partial charge in [0.25, 0.3) is 0 Å². The van der Waals surface area contributed by atoms with Gasteiger partial charge in [-0.05, 0) is 30.0 Å². The molecular weight excluding hydrogens is 277 g/mol. The number of hydrogen-bond donors (Lipinski definition) is 0. The normalized spacial score (nSPS) is 13.3. The van der Waals surface area contributed by atoms with Crippen molar-refractivity contribution in [2.24, 2.45) is 11.3 Å². The number of hydrogen-bond acceptors (Lipinski definition) is 2. The third kappa shape index (κ3) is 3.98. The van der Waals surface area contributed by atoms with E-state index in [1.807, 2.05) is 13.8 Å². The molecule has 1 atom stereocenters. The molecule has 112 valence electrons. The quantitative estimate of drug-likeness (QED) is 0.789. The van der Waals surface area contributed by atoms with Crippen molar-refractivity contribution in [2.75, 3.05) is 0 Å². The van der Waals surface area contributed by atoms with Crippen LogP contribution in [-0.4, -0.2) is 0 Å². The topological polar surface area (TPSA) is 47.6 Å². The van der Waals surface area contributed by atoms with Gasteiger partial charge in [-0.1, -0.05) is 32.4 Å². The number of rotatable bonds is 5. The zero-order valence-corrected chi connectivity index (χ0v) is 12.0. The summed E-state index contributed by atoms with van der Waals surface area (Å²) in [5, 5.41) is 18.7. The molecular formula is C16H17F3N2. The van der Waals surface area contributed by atoms with E-state index in [1.165, 1.54) is 12.1 Å². The number of nitriles is 2. The van der Waals surface area contributed by atoms with Gasteiger partial charge < -0.3 is 0 Å². The Morgan fingerprint density at radius 1 is 1.10 bits per heavy atom. The molecule has 0 saturated carbocycles. The van der Waals surface area contributed by atoms with Crippen LogP contribution in [-0.2, 0) is 12.6 Å². The van der Waals surface area contributed by atoms with E-state index in [0.717, 1.165) is 25.0 Å². The number of nitrogens with zero attached hydrogens (tertiary/aromatic N) is 2. The summed E-state index contributed by atoms with van der Waals surface area (Å²) in [4.78, 5) is 0. The van der Waals surface area contributed by atoms with Gasteiger partial charge in [-0.2, -0.15) is 23.7 Å². The Labute approximate surface area is 122 Å². The molecule has 0 radical (unpaired) electrons. The van der Waals surface area contributed by atoms with E-state index in [2.05, 4.69) is 12.1 Å². The van der Waals surface area contributed by atoms with Crippen LogP contribution in [0.4, 0.5) is 13.2 Å². The van der Waals surface area contributed by atoms with Crippen molar-refractivity contribution >= 4 is 0 Å². The van der Waals surface area contributed by atoms with Crippen molar-refractivity contribution in [1.29, 1.82) is 10.5 Å². The van der Waals surface area contributed by atoms with E-state index in [-0.39, 0.29) is 12.3 Å². The molecule has 2 nitrogen and oxygen atoms in total. The van der Waals surface area contributed by atoms with Gasteiger partial charge in [-0.3, -0.25) is 0 Å². The Morgan fingerprint density at radius 3 is 2.00 bits per heavy atom. The molecule has 0 amide bonds. The van der Waals surface area contributed by atoms with E-state index in [4.69, 9.17) is 0 Å². The fraction of sp³-hybridized carbons (Fsp3) is 0.500. The fourth-order valence-corrected chi connectivity index (χ4v) is 2.31. The summed E-state index contributed by atoms with van der Waals surface area (Å²) in [6.45, 7) is 3.80. The molecule has 0 N–H and O–H groups in total. The average Bonchev–Trinajstić information content (AvgIpc) is 2.44. The smallest absolute Gasteiger partial charge is 0.197 e. The number of benzene rings is 1. The first-order valence-corrected chi connectivity index (χ1v) is 6.77. The molecule has 0 aromatic heterocycles.